The number of likely N-dealkylation sites (tertiary alicyclic amines) is 1. The average Bonchev–Trinajstić information content (AvgIpc) is 3.11. The number of hydrogen-bond acceptors (Lipinski definition) is 5. The maximum atomic E-state index is 12.6. The van der Waals surface area contributed by atoms with Crippen molar-refractivity contribution in [3.63, 3.8) is 0 Å². The van der Waals surface area contributed by atoms with Crippen molar-refractivity contribution in [2.24, 2.45) is 5.73 Å². The molecule has 0 spiro atoms. The van der Waals surface area contributed by atoms with Gasteiger partial charge >= 0.3 is 0 Å². The fourth-order valence-electron chi connectivity index (χ4n) is 3.38. The maximum Gasteiger partial charge on any atom is 0.255 e. The van der Waals surface area contributed by atoms with Gasteiger partial charge in [0.15, 0.2) is 9.84 Å². The zero-order valence-corrected chi connectivity index (χ0v) is 16.4. The fraction of sp³-hybridized carbons (Fsp3) is 0.300. The van der Waals surface area contributed by atoms with Crippen molar-refractivity contribution in [1.29, 1.82) is 0 Å². The molecule has 0 saturated carbocycles. The predicted molar refractivity (Wildman–Crippen MR) is 107 cm³/mol. The molecule has 0 aromatic heterocycles. The van der Waals surface area contributed by atoms with Crippen LogP contribution < -0.4 is 11.1 Å². The number of primary amides is 1. The molecule has 3 rings (SSSR count). The summed E-state index contributed by atoms with van der Waals surface area (Å²) in [4.78, 5) is 26.4. The fourth-order valence-corrected chi connectivity index (χ4v) is 4.01. The number of nitrogens with zero attached hydrogens (tertiary/aromatic N) is 1. The lowest BCUT2D eigenvalue weighted by atomic mass is 10.1. The Morgan fingerprint density at radius 3 is 2.46 bits per heavy atom. The number of anilines is 1. The Balaban J connectivity index is 1.76. The Morgan fingerprint density at radius 1 is 1.14 bits per heavy atom. The van der Waals surface area contributed by atoms with Gasteiger partial charge in [0.2, 0.25) is 5.91 Å². The zero-order chi connectivity index (χ0) is 20.3. The zero-order valence-electron chi connectivity index (χ0n) is 15.6. The van der Waals surface area contributed by atoms with Gasteiger partial charge in [-0.2, -0.15) is 0 Å². The lowest BCUT2D eigenvalue weighted by Gasteiger charge is -2.23. The molecule has 28 heavy (non-hydrogen) atoms. The number of amides is 2. The number of carbonyl (C=O) groups is 2. The molecular weight excluding hydrogens is 378 g/mol. The maximum absolute atomic E-state index is 12.6. The van der Waals surface area contributed by atoms with Crippen LogP contribution in [-0.4, -0.2) is 44.0 Å². The highest BCUT2D eigenvalue weighted by molar-refractivity contribution is 7.90. The number of rotatable bonds is 6. The highest BCUT2D eigenvalue weighted by Crippen LogP contribution is 2.24. The quantitative estimate of drug-likeness (QED) is 0.767. The second-order valence-corrected chi connectivity index (χ2v) is 8.95. The van der Waals surface area contributed by atoms with Crippen LogP contribution in [0.15, 0.2) is 53.4 Å². The molecule has 1 aliphatic rings. The molecule has 0 bridgehead atoms. The molecule has 0 aliphatic carbocycles. The summed E-state index contributed by atoms with van der Waals surface area (Å²) in [5.41, 5.74) is 7.38. The summed E-state index contributed by atoms with van der Waals surface area (Å²) in [6.07, 6.45) is 2.78. The van der Waals surface area contributed by atoms with E-state index in [-0.39, 0.29) is 22.8 Å². The second kappa shape index (κ2) is 8.12. The molecule has 2 aromatic carbocycles. The molecule has 1 unspecified atom stereocenters. The van der Waals surface area contributed by atoms with Crippen molar-refractivity contribution in [1.82, 2.24) is 4.90 Å². The van der Waals surface area contributed by atoms with E-state index in [1.54, 1.807) is 6.07 Å². The van der Waals surface area contributed by atoms with Gasteiger partial charge in [0.05, 0.1) is 10.9 Å². The molecule has 3 N–H and O–H groups in total. The van der Waals surface area contributed by atoms with Gasteiger partial charge in [-0.3, -0.25) is 14.5 Å². The number of benzene rings is 2. The molecule has 0 radical (unpaired) electrons. The number of hydrogen-bond donors (Lipinski definition) is 2. The largest absolute Gasteiger partial charge is 0.368 e. The first-order valence-corrected chi connectivity index (χ1v) is 10.9. The van der Waals surface area contributed by atoms with Crippen LogP contribution in [0.3, 0.4) is 0 Å². The molecule has 148 valence electrons. The van der Waals surface area contributed by atoms with Crippen LogP contribution in [0.2, 0.25) is 0 Å². The second-order valence-electron chi connectivity index (χ2n) is 6.94. The standard InChI is InChI=1S/C20H23N3O4S/c1-28(26,27)16-10-8-14(9-11-16)20(25)22-17-6-3-2-5-15(17)13-23-12-4-7-18(23)19(21)24/h2-3,5-6,8-11,18H,4,7,12-13H2,1H3,(H2,21,24)(H,22,25). The van der Waals surface area contributed by atoms with Crippen LogP contribution in [0.5, 0.6) is 0 Å². The number of nitrogens with one attached hydrogen (secondary N) is 1. The van der Waals surface area contributed by atoms with E-state index >= 15 is 0 Å². The number of sulfone groups is 1. The topological polar surface area (TPSA) is 110 Å². The van der Waals surface area contributed by atoms with Gasteiger partial charge in [-0.25, -0.2) is 8.42 Å². The summed E-state index contributed by atoms with van der Waals surface area (Å²) in [5.74, 6) is -0.662. The molecule has 1 heterocycles. The van der Waals surface area contributed by atoms with E-state index in [1.165, 1.54) is 24.3 Å². The number of carbonyl (C=O) groups excluding carboxylic acids is 2. The summed E-state index contributed by atoms with van der Waals surface area (Å²) in [6.45, 7) is 1.29. The first-order chi connectivity index (χ1) is 13.3. The summed E-state index contributed by atoms with van der Waals surface area (Å²) < 4.78 is 23.1. The van der Waals surface area contributed by atoms with Crippen molar-refractivity contribution in [2.45, 2.75) is 30.3 Å². The normalized spacial score (nSPS) is 17.4. The van der Waals surface area contributed by atoms with E-state index in [2.05, 4.69) is 5.32 Å². The molecule has 1 atom stereocenters. The minimum Gasteiger partial charge on any atom is -0.368 e. The van der Waals surface area contributed by atoms with E-state index < -0.39 is 9.84 Å². The first-order valence-electron chi connectivity index (χ1n) is 8.98. The van der Waals surface area contributed by atoms with Crippen LogP contribution in [0.25, 0.3) is 0 Å². The molecular formula is C20H23N3O4S. The molecule has 1 saturated heterocycles. The monoisotopic (exact) mass is 401 g/mol. The Labute approximate surface area is 164 Å². The van der Waals surface area contributed by atoms with Gasteiger partial charge in [0.25, 0.3) is 5.91 Å². The lowest BCUT2D eigenvalue weighted by molar-refractivity contribution is -0.122. The van der Waals surface area contributed by atoms with Gasteiger partial charge in [0, 0.05) is 24.1 Å². The van der Waals surface area contributed by atoms with E-state index in [0.717, 1.165) is 31.2 Å². The van der Waals surface area contributed by atoms with Crippen LogP contribution >= 0.6 is 0 Å². The van der Waals surface area contributed by atoms with Crippen LogP contribution in [-0.2, 0) is 21.2 Å². The van der Waals surface area contributed by atoms with Crippen molar-refractivity contribution in [2.75, 3.05) is 18.1 Å². The Morgan fingerprint density at radius 2 is 1.82 bits per heavy atom. The molecule has 2 amide bonds. The van der Waals surface area contributed by atoms with Crippen LogP contribution in [0.1, 0.15) is 28.8 Å². The van der Waals surface area contributed by atoms with E-state index in [1.807, 2.05) is 23.1 Å². The molecule has 1 fully saturated rings. The summed E-state index contributed by atoms with van der Waals surface area (Å²) in [5, 5.41) is 2.87. The minimum absolute atomic E-state index is 0.163. The Hall–Kier alpha value is -2.71. The molecule has 8 heteroatoms. The van der Waals surface area contributed by atoms with E-state index in [4.69, 9.17) is 5.73 Å². The smallest absolute Gasteiger partial charge is 0.255 e. The Bertz CT molecular complexity index is 987. The van der Waals surface area contributed by atoms with Crippen molar-refractivity contribution in [3.8, 4) is 0 Å². The van der Waals surface area contributed by atoms with Crippen molar-refractivity contribution >= 4 is 27.3 Å². The molecule has 2 aromatic rings. The number of nitrogens with two attached hydrogens (primary N) is 1. The van der Waals surface area contributed by atoms with Gasteiger partial charge < -0.3 is 11.1 Å². The van der Waals surface area contributed by atoms with Gasteiger partial charge in [-0.05, 0) is 55.3 Å². The third-order valence-electron chi connectivity index (χ3n) is 4.88. The van der Waals surface area contributed by atoms with Crippen molar-refractivity contribution in [3.05, 3.63) is 59.7 Å². The first kappa shape index (κ1) is 20.0. The predicted octanol–water partition coefficient (Wildman–Crippen LogP) is 1.79. The molecule has 7 nitrogen and oxygen atoms in total. The average molecular weight is 401 g/mol. The highest BCUT2D eigenvalue weighted by Gasteiger charge is 2.29. The summed E-state index contributed by atoms with van der Waals surface area (Å²) in [6, 6.07) is 12.9. The van der Waals surface area contributed by atoms with E-state index in [9.17, 15) is 18.0 Å². The van der Waals surface area contributed by atoms with Gasteiger partial charge in [0.1, 0.15) is 0 Å². The summed E-state index contributed by atoms with van der Waals surface area (Å²) in [7, 11) is -3.31. The van der Waals surface area contributed by atoms with Crippen LogP contribution in [0.4, 0.5) is 5.69 Å². The highest BCUT2D eigenvalue weighted by atomic mass is 32.2. The molecule has 1 aliphatic heterocycles. The summed E-state index contributed by atoms with van der Waals surface area (Å²) >= 11 is 0. The van der Waals surface area contributed by atoms with Gasteiger partial charge in [-0.1, -0.05) is 18.2 Å². The third kappa shape index (κ3) is 4.58. The minimum atomic E-state index is -3.31. The Kier molecular flexibility index (Phi) is 5.81. The SMILES string of the molecule is CS(=O)(=O)c1ccc(C(=O)Nc2ccccc2CN2CCCC2C(N)=O)cc1. The van der Waals surface area contributed by atoms with Gasteiger partial charge in [-0.15, -0.1) is 0 Å². The number of para-hydroxylation sites is 1. The lowest BCUT2D eigenvalue weighted by Crippen LogP contribution is -2.39. The van der Waals surface area contributed by atoms with Crippen molar-refractivity contribution < 1.29 is 18.0 Å². The van der Waals surface area contributed by atoms with E-state index in [0.29, 0.717) is 17.8 Å². The third-order valence-corrected chi connectivity index (χ3v) is 6.00. The van der Waals surface area contributed by atoms with Crippen LogP contribution in [0, 0.1) is 0 Å².